The molecule has 1 amide bonds. The summed E-state index contributed by atoms with van der Waals surface area (Å²) in [6.45, 7) is 2.46. The molecule has 3 nitrogen and oxygen atoms in total. The maximum Gasteiger partial charge on any atom is 0.255 e. The van der Waals surface area contributed by atoms with Crippen LogP contribution in [0.25, 0.3) is 0 Å². The van der Waals surface area contributed by atoms with Crippen molar-refractivity contribution < 1.29 is 9.53 Å². The summed E-state index contributed by atoms with van der Waals surface area (Å²) in [7, 11) is 0. The number of amides is 1. The summed E-state index contributed by atoms with van der Waals surface area (Å²) in [5, 5.41) is 0.453. The van der Waals surface area contributed by atoms with Gasteiger partial charge in [-0.3, -0.25) is 4.79 Å². The van der Waals surface area contributed by atoms with Crippen molar-refractivity contribution in [1.29, 1.82) is 0 Å². The largest absolute Gasteiger partial charge is 0.378 e. The second-order valence-electron chi connectivity index (χ2n) is 3.31. The molecule has 1 saturated heterocycles. The Kier molecular flexibility index (Phi) is 3.23. The number of carbonyl (C=O) groups is 1. The number of hydrogen-bond acceptors (Lipinski definition) is 2. The lowest BCUT2D eigenvalue weighted by atomic mass is 10.2. The first-order chi connectivity index (χ1) is 7.29. The lowest BCUT2D eigenvalue weighted by molar-refractivity contribution is 0.0303. The third-order valence-corrected chi connectivity index (χ3v) is 2.65. The van der Waals surface area contributed by atoms with Gasteiger partial charge in [0.2, 0.25) is 0 Å². The van der Waals surface area contributed by atoms with Crippen LogP contribution in [0.5, 0.6) is 0 Å². The molecule has 2 rings (SSSR count). The van der Waals surface area contributed by atoms with Crippen LogP contribution in [0.3, 0.4) is 0 Å². The van der Waals surface area contributed by atoms with Crippen molar-refractivity contribution >= 4 is 17.5 Å². The molecular weight excluding hydrogens is 214 g/mol. The highest BCUT2D eigenvalue weighted by atomic mass is 35.5. The Hall–Kier alpha value is -1.06. The molecule has 0 atom stereocenters. The number of rotatable bonds is 1. The lowest BCUT2D eigenvalue weighted by Gasteiger charge is -2.27. The second kappa shape index (κ2) is 4.64. The van der Waals surface area contributed by atoms with Gasteiger partial charge >= 0.3 is 0 Å². The summed E-state index contributed by atoms with van der Waals surface area (Å²) in [6, 6.07) is 7.83. The Morgan fingerprint density at radius 2 is 2.20 bits per heavy atom. The third kappa shape index (κ3) is 2.30. The first kappa shape index (κ1) is 10.5. The van der Waals surface area contributed by atoms with Gasteiger partial charge in [-0.25, -0.2) is 0 Å². The molecule has 1 aliphatic heterocycles. The minimum absolute atomic E-state index is 0.0303. The van der Waals surface area contributed by atoms with Gasteiger partial charge in [0.05, 0.1) is 23.8 Å². The summed E-state index contributed by atoms with van der Waals surface area (Å²) in [4.78, 5) is 13.7. The fourth-order valence-electron chi connectivity index (χ4n) is 1.52. The van der Waals surface area contributed by atoms with E-state index in [1.54, 1.807) is 23.1 Å². The van der Waals surface area contributed by atoms with Gasteiger partial charge in [-0.1, -0.05) is 17.7 Å². The van der Waals surface area contributed by atoms with E-state index in [2.05, 4.69) is 6.07 Å². The summed E-state index contributed by atoms with van der Waals surface area (Å²) in [5.41, 5.74) is 0.539. The summed E-state index contributed by atoms with van der Waals surface area (Å²) >= 11 is 5.93. The smallest absolute Gasteiger partial charge is 0.255 e. The van der Waals surface area contributed by atoms with E-state index < -0.39 is 0 Å². The maximum atomic E-state index is 12.0. The monoisotopic (exact) mass is 224 g/mol. The van der Waals surface area contributed by atoms with Gasteiger partial charge in [0.25, 0.3) is 5.91 Å². The predicted octanol–water partition coefficient (Wildman–Crippen LogP) is 1.61. The maximum absolute atomic E-state index is 12.0. The molecular formula is C11H11ClNO2. The van der Waals surface area contributed by atoms with Crippen LogP contribution in [0, 0.1) is 6.07 Å². The standard InChI is InChI=1S/C11H11ClNO2/c12-10-4-2-1-3-9(10)11(14)13-5-7-15-8-6-13/h1,3-4H,5-8H2. The van der Waals surface area contributed by atoms with E-state index in [4.69, 9.17) is 16.3 Å². The molecule has 1 heterocycles. The van der Waals surface area contributed by atoms with Crippen LogP contribution in [-0.4, -0.2) is 37.1 Å². The molecule has 79 valence electrons. The molecule has 0 aliphatic carbocycles. The molecule has 1 aliphatic rings. The normalized spacial score (nSPS) is 16.5. The number of ether oxygens (including phenoxy) is 1. The Labute approximate surface area is 93.6 Å². The predicted molar refractivity (Wildman–Crippen MR) is 57.0 cm³/mol. The van der Waals surface area contributed by atoms with Crippen molar-refractivity contribution in [3.63, 3.8) is 0 Å². The molecule has 0 saturated carbocycles. The zero-order valence-corrected chi connectivity index (χ0v) is 8.96. The molecule has 0 aromatic heterocycles. The SMILES string of the molecule is O=C(c1cc[c]cc1Cl)N1CCOCC1. The van der Waals surface area contributed by atoms with E-state index >= 15 is 0 Å². The quantitative estimate of drug-likeness (QED) is 0.726. The highest BCUT2D eigenvalue weighted by Gasteiger charge is 2.19. The highest BCUT2D eigenvalue weighted by Crippen LogP contribution is 2.17. The van der Waals surface area contributed by atoms with Gasteiger partial charge in [0.15, 0.2) is 0 Å². The Morgan fingerprint density at radius 1 is 1.47 bits per heavy atom. The number of hydrogen-bond donors (Lipinski definition) is 0. The van der Waals surface area contributed by atoms with E-state index in [9.17, 15) is 4.79 Å². The van der Waals surface area contributed by atoms with Crippen LogP contribution in [-0.2, 0) is 4.74 Å². The molecule has 1 aromatic carbocycles. The van der Waals surface area contributed by atoms with Crippen molar-refractivity contribution in [3.05, 3.63) is 34.9 Å². The van der Waals surface area contributed by atoms with Gasteiger partial charge in [-0.05, 0) is 18.2 Å². The third-order valence-electron chi connectivity index (χ3n) is 2.34. The molecule has 15 heavy (non-hydrogen) atoms. The summed E-state index contributed by atoms with van der Waals surface area (Å²) < 4.78 is 5.18. The second-order valence-corrected chi connectivity index (χ2v) is 3.72. The molecule has 1 radical (unpaired) electrons. The summed E-state index contributed by atoms with van der Waals surface area (Å²) in [5.74, 6) is -0.0303. The van der Waals surface area contributed by atoms with E-state index in [0.29, 0.717) is 36.9 Å². The van der Waals surface area contributed by atoms with E-state index in [-0.39, 0.29) is 5.91 Å². The molecule has 0 bridgehead atoms. The van der Waals surface area contributed by atoms with Gasteiger partial charge in [0.1, 0.15) is 0 Å². The van der Waals surface area contributed by atoms with E-state index in [1.165, 1.54) is 0 Å². The van der Waals surface area contributed by atoms with Crippen LogP contribution in [0.15, 0.2) is 18.2 Å². The van der Waals surface area contributed by atoms with Gasteiger partial charge < -0.3 is 9.64 Å². The first-order valence-electron chi connectivity index (χ1n) is 4.81. The van der Waals surface area contributed by atoms with Crippen molar-refractivity contribution in [2.45, 2.75) is 0 Å². The van der Waals surface area contributed by atoms with Crippen LogP contribution < -0.4 is 0 Å². The van der Waals surface area contributed by atoms with Crippen LogP contribution in [0.4, 0.5) is 0 Å². The molecule has 0 N–H and O–H groups in total. The summed E-state index contributed by atoms with van der Waals surface area (Å²) in [6.07, 6.45) is 0. The Bertz CT molecular complexity index is 361. The highest BCUT2D eigenvalue weighted by molar-refractivity contribution is 6.33. The Balaban J connectivity index is 2.16. The molecule has 1 aromatic rings. The van der Waals surface area contributed by atoms with Crippen molar-refractivity contribution in [3.8, 4) is 0 Å². The topological polar surface area (TPSA) is 29.5 Å². The zero-order valence-electron chi connectivity index (χ0n) is 8.20. The number of benzene rings is 1. The minimum Gasteiger partial charge on any atom is -0.378 e. The molecule has 0 spiro atoms. The fraction of sp³-hybridized carbons (Fsp3) is 0.364. The molecule has 4 heteroatoms. The van der Waals surface area contributed by atoms with Crippen LogP contribution in [0.2, 0.25) is 5.02 Å². The lowest BCUT2D eigenvalue weighted by Crippen LogP contribution is -2.40. The van der Waals surface area contributed by atoms with Crippen molar-refractivity contribution in [2.24, 2.45) is 0 Å². The van der Waals surface area contributed by atoms with E-state index in [0.717, 1.165) is 0 Å². The van der Waals surface area contributed by atoms with Crippen molar-refractivity contribution in [1.82, 2.24) is 4.90 Å². The number of nitrogens with zero attached hydrogens (tertiary/aromatic N) is 1. The average Bonchev–Trinajstić information content (AvgIpc) is 2.30. The minimum atomic E-state index is -0.0303. The van der Waals surface area contributed by atoms with Gasteiger partial charge in [-0.15, -0.1) is 0 Å². The zero-order chi connectivity index (χ0) is 10.7. The van der Waals surface area contributed by atoms with E-state index in [1.807, 2.05) is 0 Å². The first-order valence-corrected chi connectivity index (χ1v) is 5.19. The van der Waals surface area contributed by atoms with Gasteiger partial charge in [-0.2, -0.15) is 0 Å². The molecule has 0 unspecified atom stereocenters. The number of morpholine rings is 1. The van der Waals surface area contributed by atoms with Crippen molar-refractivity contribution in [2.75, 3.05) is 26.3 Å². The Morgan fingerprint density at radius 3 is 2.87 bits per heavy atom. The fourth-order valence-corrected chi connectivity index (χ4v) is 1.73. The average molecular weight is 225 g/mol. The van der Waals surface area contributed by atoms with Gasteiger partial charge in [0, 0.05) is 13.1 Å². The van der Waals surface area contributed by atoms with Crippen LogP contribution in [0.1, 0.15) is 10.4 Å². The molecule has 1 fully saturated rings. The van der Waals surface area contributed by atoms with Crippen LogP contribution >= 0.6 is 11.6 Å². The number of halogens is 1. The number of carbonyl (C=O) groups excluding carboxylic acids is 1.